The largest absolute Gasteiger partial charge is 0.343 e. The first-order valence-corrected chi connectivity index (χ1v) is 13.0. The predicted molar refractivity (Wildman–Crippen MR) is 152 cm³/mol. The Morgan fingerprint density at radius 1 is 0.944 bits per heavy atom. The highest BCUT2D eigenvalue weighted by atomic mass is 35.5. The summed E-state index contributed by atoms with van der Waals surface area (Å²) >= 11 is 0. The number of hydrogen-bond donors (Lipinski definition) is 1. The fourth-order valence-corrected chi connectivity index (χ4v) is 5.78. The molecule has 0 radical (unpaired) electrons. The third-order valence-corrected chi connectivity index (χ3v) is 7.67. The number of aryl methyl sites for hydroxylation is 1. The number of para-hydroxylation sites is 1. The molecule has 188 valence electrons. The number of ketones is 1. The van der Waals surface area contributed by atoms with Crippen LogP contribution in [0.4, 0.5) is 0 Å². The van der Waals surface area contributed by atoms with Gasteiger partial charge in [-0.3, -0.25) is 4.79 Å². The van der Waals surface area contributed by atoms with Crippen LogP contribution in [0.1, 0.15) is 66.7 Å². The van der Waals surface area contributed by atoms with E-state index in [4.69, 9.17) is 5.73 Å². The van der Waals surface area contributed by atoms with Crippen molar-refractivity contribution in [1.82, 2.24) is 4.57 Å². The molecule has 0 amide bonds. The van der Waals surface area contributed by atoms with Crippen LogP contribution in [0.15, 0.2) is 85.1 Å². The lowest BCUT2D eigenvalue weighted by Crippen LogP contribution is -2.27. The summed E-state index contributed by atoms with van der Waals surface area (Å²) in [6.07, 6.45) is 7.77. The van der Waals surface area contributed by atoms with Gasteiger partial charge in [0.1, 0.15) is 5.78 Å². The molecule has 1 fully saturated rings. The zero-order valence-electron chi connectivity index (χ0n) is 21.1. The minimum absolute atomic E-state index is 0. The van der Waals surface area contributed by atoms with Crippen LogP contribution in [-0.2, 0) is 11.3 Å². The fraction of sp³-hybridized carbons (Fsp3) is 0.344. The van der Waals surface area contributed by atoms with Crippen molar-refractivity contribution >= 4 is 29.1 Å². The van der Waals surface area contributed by atoms with Crippen molar-refractivity contribution in [3.8, 4) is 0 Å². The van der Waals surface area contributed by atoms with E-state index in [-0.39, 0.29) is 18.3 Å². The van der Waals surface area contributed by atoms with Crippen molar-refractivity contribution in [2.45, 2.75) is 64.0 Å². The number of Topliss-reactive ketones (excluding diaryl/α,β-unsaturated/α-hetero) is 1. The summed E-state index contributed by atoms with van der Waals surface area (Å²) in [5, 5.41) is 1.24. The smallest absolute Gasteiger partial charge is 0.134 e. The van der Waals surface area contributed by atoms with Gasteiger partial charge in [0.05, 0.1) is 0 Å². The average Bonchev–Trinajstić information content (AvgIpc) is 3.23. The Balaban J connectivity index is 0.00000304. The number of rotatable bonds is 8. The summed E-state index contributed by atoms with van der Waals surface area (Å²) in [4.78, 5) is 13.4. The lowest BCUT2D eigenvalue weighted by atomic mass is 9.80. The van der Waals surface area contributed by atoms with Gasteiger partial charge in [-0.2, -0.15) is 0 Å². The second-order valence-corrected chi connectivity index (χ2v) is 10.4. The van der Waals surface area contributed by atoms with E-state index in [1.165, 1.54) is 33.2 Å². The van der Waals surface area contributed by atoms with Crippen molar-refractivity contribution in [1.29, 1.82) is 0 Å². The van der Waals surface area contributed by atoms with Crippen molar-refractivity contribution in [2.75, 3.05) is 0 Å². The summed E-state index contributed by atoms with van der Waals surface area (Å²) in [5.41, 5.74) is 12.3. The van der Waals surface area contributed by atoms with E-state index < -0.39 is 0 Å². The number of halogens is 1. The summed E-state index contributed by atoms with van der Waals surface area (Å²) < 4.78 is 2.34. The maximum absolute atomic E-state index is 13.4. The third-order valence-electron chi connectivity index (χ3n) is 7.67. The van der Waals surface area contributed by atoms with E-state index in [0.29, 0.717) is 30.6 Å². The minimum Gasteiger partial charge on any atom is -0.343 e. The SMILES string of the molecule is Cc1cccc(C(CC(=O)CC2CCC(N)CC2)c2cn(Cc3ccccc3)c3ccccc23)c1.Cl. The molecular weight excluding hydrogens is 464 g/mol. The second kappa shape index (κ2) is 11.9. The van der Waals surface area contributed by atoms with Crippen molar-refractivity contribution in [3.63, 3.8) is 0 Å². The van der Waals surface area contributed by atoms with E-state index in [1.807, 2.05) is 0 Å². The van der Waals surface area contributed by atoms with E-state index in [1.54, 1.807) is 0 Å². The third kappa shape index (κ3) is 6.08. The topological polar surface area (TPSA) is 48.0 Å². The Morgan fingerprint density at radius 2 is 1.67 bits per heavy atom. The minimum atomic E-state index is 0. The molecule has 0 saturated heterocycles. The lowest BCUT2D eigenvalue weighted by molar-refractivity contribution is -0.120. The standard InChI is InChI=1S/C32H36N2O.ClH/c1-23-8-7-11-26(18-23)30(20-28(35)19-24-14-16-27(33)17-15-24)31-22-34(21-25-9-3-2-4-10-25)32-13-6-5-12-29(31)32;/h2-13,18,22,24,27,30H,14-17,19-21,33H2,1H3;1H. The van der Waals surface area contributed by atoms with E-state index >= 15 is 0 Å². The van der Waals surface area contributed by atoms with Gasteiger partial charge in [-0.1, -0.05) is 78.4 Å². The Labute approximate surface area is 221 Å². The fourth-order valence-electron chi connectivity index (χ4n) is 5.78. The number of nitrogens with two attached hydrogens (primary N) is 1. The number of hydrogen-bond acceptors (Lipinski definition) is 2. The van der Waals surface area contributed by atoms with Crippen LogP contribution in [0.3, 0.4) is 0 Å². The summed E-state index contributed by atoms with van der Waals surface area (Å²) in [5.74, 6) is 0.909. The quantitative estimate of drug-likeness (QED) is 0.273. The van der Waals surface area contributed by atoms with Crippen LogP contribution in [-0.4, -0.2) is 16.4 Å². The molecule has 3 nitrogen and oxygen atoms in total. The van der Waals surface area contributed by atoms with Gasteiger partial charge in [-0.15, -0.1) is 12.4 Å². The van der Waals surface area contributed by atoms with Crippen LogP contribution in [0, 0.1) is 12.8 Å². The number of carbonyl (C=O) groups excluding carboxylic acids is 1. The molecule has 5 rings (SSSR count). The number of benzene rings is 3. The van der Waals surface area contributed by atoms with Gasteiger partial charge in [-0.25, -0.2) is 0 Å². The number of carbonyl (C=O) groups is 1. The molecular formula is C32H37ClN2O. The molecule has 1 saturated carbocycles. The van der Waals surface area contributed by atoms with Crippen molar-refractivity contribution < 1.29 is 4.79 Å². The first-order valence-electron chi connectivity index (χ1n) is 13.0. The molecule has 1 heterocycles. The number of nitrogens with zero attached hydrogens (tertiary/aromatic N) is 1. The van der Waals surface area contributed by atoms with Crippen molar-refractivity contribution in [2.24, 2.45) is 11.7 Å². The molecule has 0 spiro atoms. The van der Waals surface area contributed by atoms with Crippen LogP contribution in [0.5, 0.6) is 0 Å². The molecule has 1 aromatic heterocycles. The molecule has 4 heteroatoms. The normalized spacial score (nSPS) is 18.5. The van der Waals surface area contributed by atoms with Gasteiger partial charge in [0.25, 0.3) is 0 Å². The molecule has 0 aliphatic heterocycles. The molecule has 2 N–H and O–H groups in total. The molecule has 1 aliphatic rings. The molecule has 36 heavy (non-hydrogen) atoms. The highest BCUT2D eigenvalue weighted by molar-refractivity contribution is 5.87. The van der Waals surface area contributed by atoms with Crippen LogP contribution >= 0.6 is 12.4 Å². The van der Waals surface area contributed by atoms with Gasteiger partial charge in [0.15, 0.2) is 0 Å². The molecule has 0 bridgehead atoms. The highest BCUT2D eigenvalue weighted by Crippen LogP contribution is 2.37. The van der Waals surface area contributed by atoms with E-state index in [0.717, 1.165) is 32.2 Å². The summed E-state index contributed by atoms with van der Waals surface area (Å²) in [6.45, 7) is 2.95. The second-order valence-electron chi connectivity index (χ2n) is 10.4. The molecule has 1 unspecified atom stereocenters. The molecule has 3 aromatic carbocycles. The van der Waals surface area contributed by atoms with Gasteiger partial charge in [0, 0.05) is 48.4 Å². The number of aromatic nitrogens is 1. The van der Waals surface area contributed by atoms with Crippen molar-refractivity contribution in [3.05, 3.63) is 107 Å². The van der Waals surface area contributed by atoms with Crippen LogP contribution in [0.2, 0.25) is 0 Å². The van der Waals surface area contributed by atoms with Crippen LogP contribution in [0.25, 0.3) is 10.9 Å². The molecule has 4 aromatic rings. The van der Waals surface area contributed by atoms with Gasteiger partial charge in [-0.05, 0) is 61.3 Å². The predicted octanol–water partition coefficient (Wildman–Crippen LogP) is 7.42. The molecule has 1 aliphatic carbocycles. The first kappa shape index (κ1) is 26.2. The van der Waals surface area contributed by atoms with E-state index in [9.17, 15) is 4.79 Å². The summed E-state index contributed by atoms with van der Waals surface area (Å²) in [7, 11) is 0. The number of fused-ring (bicyclic) bond motifs is 1. The Hall–Kier alpha value is -2.88. The molecule has 1 atom stereocenters. The highest BCUT2D eigenvalue weighted by Gasteiger charge is 2.26. The average molecular weight is 501 g/mol. The maximum atomic E-state index is 13.4. The lowest BCUT2D eigenvalue weighted by Gasteiger charge is -2.26. The zero-order chi connectivity index (χ0) is 24.2. The zero-order valence-corrected chi connectivity index (χ0v) is 21.9. The Morgan fingerprint density at radius 3 is 2.42 bits per heavy atom. The van der Waals surface area contributed by atoms with Gasteiger partial charge in [0.2, 0.25) is 0 Å². The summed E-state index contributed by atoms with van der Waals surface area (Å²) in [6, 6.07) is 28.2. The van der Waals surface area contributed by atoms with Gasteiger partial charge < -0.3 is 10.3 Å². The monoisotopic (exact) mass is 500 g/mol. The van der Waals surface area contributed by atoms with E-state index in [2.05, 4.69) is 96.6 Å². The maximum Gasteiger partial charge on any atom is 0.134 e. The first-order chi connectivity index (χ1) is 17.1. The Bertz CT molecular complexity index is 1290. The van der Waals surface area contributed by atoms with Crippen LogP contribution < -0.4 is 5.73 Å². The Kier molecular flexibility index (Phi) is 8.66. The van der Waals surface area contributed by atoms with Gasteiger partial charge >= 0.3 is 0 Å².